The summed E-state index contributed by atoms with van der Waals surface area (Å²) in [5.41, 5.74) is 4.60. The third-order valence-electron chi connectivity index (χ3n) is 3.21. The summed E-state index contributed by atoms with van der Waals surface area (Å²) in [6, 6.07) is 11.6. The number of hydrazine groups is 1. The molecule has 2 aromatic heterocycles. The molecule has 20 heavy (non-hydrogen) atoms. The van der Waals surface area contributed by atoms with Gasteiger partial charge in [-0.15, -0.1) is 0 Å². The van der Waals surface area contributed by atoms with E-state index in [2.05, 4.69) is 15.5 Å². The number of aryl methyl sites for hydroxylation is 1. The maximum absolute atomic E-state index is 5.66. The van der Waals surface area contributed by atoms with Crippen LogP contribution in [0.2, 0.25) is 0 Å². The molecular weight excluding hydrogens is 252 g/mol. The number of nitrogens with two attached hydrogens (primary N) is 1. The number of imidazole rings is 1. The minimum absolute atomic E-state index is 0.236. The summed E-state index contributed by atoms with van der Waals surface area (Å²) in [5.74, 6) is 6.49. The zero-order valence-corrected chi connectivity index (χ0v) is 11.1. The molecule has 0 aliphatic carbocycles. The van der Waals surface area contributed by atoms with E-state index in [0.29, 0.717) is 0 Å². The molecule has 0 aliphatic heterocycles. The van der Waals surface area contributed by atoms with E-state index in [1.54, 1.807) is 6.20 Å². The lowest BCUT2D eigenvalue weighted by Gasteiger charge is -2.13. The summed E-state index contributed by atoms with van der Waals surface area (Å²) >= 11 is 0. The molecule has 0 amide bonds. The van der Waals surface area contributed by atoms with Crippen LogP contribution >= 0.6 is 0 Å². The fourth-order valence-electron chi connectivity index (χ4n) is 2.16. The quantitative estimate of drug-likeness (QED) is 0.550. The maximum atomic E-state index is 5.66. The molecule has 0 fully saturated rings. The molecule has 0 spiro atoms. The van der Waals surface area contributed by atoms with Crippen LogP contribution in [0.15, 0.2) is 55.0 Å². The summed E-state index contributed by atoms with van der Waals surface area (Å²) in [4.78, 5) is 4.32. The van der Waals surface area contributed by atoms with Crippen LogP contribution in [0.5, 0.6) is 0 Å². The van der Waals surface area contributed by atoms with Crippen LogP contribution in [0.3, 0.4) is 0 Å². The Labute approximate surface area is 116 Å². The van der Waals surface area contributed by atoms with Gasteiger partial charge in [-0.3, -0.25) is 5.84 Å². The lowest BCUT2D eigenvalue weighted by Crippen LogP contribution is -2.31. The van der Waals surface area contributed by atoms with Crippen LogP contribution in [0.25, 0.3) is 5.69 Å². The van der Waals surface area contributed by atoms with Gasteiger partial charge in [0.2, 0.25) is 0 Å². The van der Waals surface area contributed by atoms with Gasteiger partial charge in [-0.25, -0.2) is 15.1 Å². The van der Waals surface area contributed by atoms with Crippen LogP contribution in [-0.2, 0) is 7.05 Å². The average molecular weight is 268 g/mol. The third kappa shape index (κ3) is 2.22. The van der Waals surface area contributed by atoms with Gasteiger partial charge >= 0.3 is 0 Å². The van der Waals surface area contributed by atoms with E-state index in [-0.39, 0.29) is 6.04 Å². The van der Waals surface area contributed by atoms with Crippen molar-refractivity contribution in [1.29, 1.82) is 0 Å². The molecule has 0 bridgehead atoms. The summed E-state index contributed by atoms with van der Waals surface area (Å²) in [7, 11) is 1.93. The van der Waals surface area contributed by atoms with Crippen molar-refractivity contribution < 1.29 is 0 Å². The molecule has 3 rings (SSSR count). The van der Waals surface area contributed by atoms with Gasteiger partial charge in [-0.05, 0) is 18.2 Å². The van der Waals surface area contributed by atoms with E-state index in [1.165, 1.54) is 0 Å². The molecule has 0 saturated heterocycles. The Morgan fingerprint density at radius 1 is 1.15 bits per heavy atom. The zero-order chi connectivity index (χ0) is 13.9. The van der Waals surface area contributed by atoms with Crippen molar-refractivity contribution in [1.82, 2.24) is 24.8 Å². The second kappa shape index (κ2) is 5.28. The Morgan fingerprint density at radius 2 is 1.95 bits per heavy atom. The van der Waals surface area contributed by atoms with Gasteiger partial charge in [-0.1, -0.05) is 18.2 Å². The van der Waals surface area contributed by atoms with Crippen LogP contribution in [0.1, 0.15) is 17.6 Å². The van der Waals surface area contributed by atoms with E-state index in [4.69, 9.17) is 5.84 Å². The highest BCUT2D eigenvalue weighted by molar-refractivity contribution is 5.31. The van der Waals surface area contributed by atoms with Gasteiger partial charge in [0.05, 0.1) is 11.4 Å². The van der Waals surface area contributed by atoms with Gasteiger partial charge in [0.25, 0.3) is 0 Å². The van der Waals surface area contributed by atoms with Gasteiger partial charge in [-0.2, -0.15) is 5.10 Å². The third-order valence-corrected chi connectivity index (χ3v) is 3.21. The summed E-state index contributed by atoms with van der Waals surface area (Å²) < 4.78 is 3.74. The van der Waals surface area contributed by atoms with Gasteiger partial charge in [0, 0.05) is 25.6 Å². The summed E-state index contributed by atoms with van der Waals surface area (Å²) in [5, 5.41) is 4.57. The second-order valence-corrected chi connectivity index (χ2v) is 4.52. The Morgan fingerprint density at radius 3 is 2.60 bits per heavy atom. The highest BCUT2D eigenvalue weighted by Crippen LogP contribution is 2.18. The smallest absolute Gasteiger partial charge is 0.133 e. The first kappa shape index (κ1) is 12.6. The van der Waals surface area contributed by atoms with Gasteiger partial charge in [0.1, 0.15) is 11.9 Å². The molecule has 102 valence electrons. The Bertz CT molecular complexity index is 685. The van der Waals surface area contributed by atoms with E-state index in [1.807, 2.05) is 65.1 Å². The van der Waals surface area contributed by atoms with Crippen LogP contribution in [-0.4, -0.2) is 19.3 Å². The lowest BCUT2D eigenvalue weighted by atomic mass is 10.2. The highest BCUT2D eigenvalue weighted by Gasteiger charge is 2.19. The number of nitrogens with one attached hydrogen (secondary N) is 1. The molecule has 0 aliphatic rings. The fourth-order valence-corrected chi connectivity index (χ4v) is 2.16. The molecular formula is C14H16N6. The topological polar surface area (TPSA) is 73.7 Å². The summed E-state index contributed by atoms with van der Waals surface area (Å²) in [6.07, 6.45) is 5.54. The van der Waals surface area contributed by atoms with Crippen LogP contribution in [0.4, 0.5) is 0 Å². The minimum atomic E-state index is -0.236. The van der Waals surface area contributed by atoms with Crippen LogP contribution in [0, 0.1) is 0 Å². The van der Waals surface area contributed by atoms with Crippen molar-refractivity contribution in [3.63, 3.8) is 0 Å². The monoisotopic (exact) mass is 268 g/mol. The van der Waals surface area contributed by atoms with Crippen LogP contribution < -0.4 is 11.3 Å². The second-order valence-electron chi connectivity index (χ2n) is 4.52. The maximum Gasteiger partial charge on any atom is 0.133 e. The van der Waals surface area contributed by atoms with Crippen molar-refractivity contribution in [2.75, 3.05) is 0 Å². The Balaban J connectivity index is 1.95. The fraction of sp³-hybridized carbons (Fsp3) is 0.143. The summed E-state index contributed by atoms with van der Waals surface area (Å²) in [6.45, 7) is 0. The minimum Gasteiger partial charge on any atom is -0.336 e. The average Bonchev–Trinajstić information content (AvgIpc) is 3.12. The molecule has 3 N–H and O–H groups in total. The van der Waals surface area contributed by atoms with Crippen molar-refractivity contribution >= 4 is 0 Å². The molecule has 1 unspecified atom stereocenters. The van der Waals surface area contributed by atoms with E-state index in [9.17, 15) is 0 Å². The first-order valence-corrected chi connectivity index (χ1v) is 6.34. The molecule has 0 radical (unpaired) electrons. The predicted molar refractivity (Wildman–Crippen MR) is 75.9 cm³/mol. The van der Waals surface area contributed by atoms with Crippen molar-refractivity contribution in [2.45, 2.75) is 6.04 Å². The van der Waals surface area contributed by atoms with E-state index >= 15 is 0 Å². The Hall–Kier alpha value is -2.44. The lowest BCUT2D eigenvalue weighted by molar-refractivity contribution is 0.562. The molecule has 6 heteroatoms. The Kier molecular flexibility index (Phi) is 3.32. The number of rotatable bonds is 4. The number of aromatic nitrogens is 4. The number of nitrogens with zero attached hydrogens (tertiary/aromatic N) is 4. The molecule has 1 atom stereocenters. The predicted octanol–water partition coefficient (Wildman–Crippen LogP) is 1.16. The number of benzene rings is 1. The molecule has 6 nitrogen and oxygen atoms in total. The van der Waals surface area contributed by atoms with E-state index < -0.39 is 0 Å². The highest BCUT2D eigenvalue weighted by atomic mass is 15.3. The van der Waals surface area contributed by atoms with E-state index in [0.717, 1.165) is 17.2 Å². The molecule has 3 aromatic rings. The number of hydrogen-bond acceptors (Lipinski definition) is 4. The number of para-hydroxylation sites is 1. The number of hydrogen-bond donors (Lipinski definition) is 2. The first-order chi connectivity index (χ1) is 9.79. The van der Waals surface area contributed by atoms with Gasteiger partial charge in [0.15, 0.2) is 0 Å². The first-order valence-electron chi connectivity index (χ1n) is 6.34. The van der Waals surface area contributed by atoms with Crippen molar-refractivity contribution in [3.8, 4) is 5.69 Å². The molecule has 0 saturated carbocycles. The molecule has 2 heterocycles. The van der Waals surface area contributed by atoms with Gasteiger partial charge < -0.3 is 4.57 Å². The van der Waals surface area contributed by atoms with Crippen molar-refractivity contribution in [2.24, 2.45) is 12.9 Å². The largest absolute Gasteiger partial charge is 0.336 e. The standard InChI is InChI=1S/C14H16N6/c1-19-10-8-16-14(19)13(17-15)12-7-9-20(18-12)11-5-3-2-4-6-11/h2-10,13,17H,15H2,1H3. The zero-order valence-electron chi connectivity index (χ0n) is 11.1. The molecule has 1 aromatic carbocycles. The normalized spacial score (nSPS) is 12.5. The SMILES string of the molecule is Cn1ccnc1C(NN)c1ccn(-c2ccccc2)n1. The van der Waals surface area contributed by atoms with Crippen molar-refractivity contribution in [3.05, 3.63) is 66.5 Å².